The van der Waals surface area contributed by atoms with E-state index in [9.17, 15) is 8.78 Å². The van der Waals surface area contributed by atoms with E-state index < -0.39 is 0 Å². The minimum atomic E-state index is -0.320. The van der Waals surface area contributed by atoms with Gasteiger partial charge in [0.05, 0.1) is 6.61 Å². The molecule has 4 rings (SSSR count). The molecular formula is C26H25F2N3O. The van der Waals surface area contributed by atoms with Crippen LogP contribution in [0.3, 0.4) is 0 Å². The number of halogens is 2. The van der Waals surface area contributed by atoms with Crippen molar-refractivity contribution in [1.82, 2.24) is 14.8 Å². The second-order valence-corrected chi connectivity index (χ2v) is 7.60. The third-order valence-electron chi connectivity index (χ3n) is 5.23. The summed E-state index contributed by atoms with van der Waals surface area (Å²) in [7, 11) is 0. The fraction of sp³-hybridized carbons (Fsp3) is 0.231. The molecule has 4 nitrogen and oxygen atoms in total. The van der Waals surface area contributed by atoms with Gasteiger partial charge in [-0.1, -0.05) is 26.2 Å². The maximum absolute atomic E-state index is 13.5. The van der Waals surface area contributed by atoms with Crippen LogP contribution in [-0.2, 0) is 0 Å². The highest BCUT2D eigenvalue weighted by atomic mass is 19.1. The van der Waals surface area contributed by atoms with Gasteiger partial charge in [-0.15, -0.1) is 10.2 Å². The van der Waals surface area contributed by atoms with E-state index in [1.807, 2.05) is 28.8 Å². The Morgan fingerprint density at radius 1 is 0.688 bits per heavy atom. The number of ether oxygens (including phenoxy) is 1. The molecule has 0 aliphatic carbocycles. The molecule has 0 radical (unpaired) electrons. The Hall–Kier alpha value is -3.54. The fourth-order valence-corrected chi connectivity index (χ4v) is 3.51. The SMILES string of the molecule is CCCCCCOc1ccc(-n2c(-c3ccc(F)cc3)nnc2-c2ccc(F)cc2)cc1. The lowest BCUT2D eigenvalue weighted by atomic mass is 10.1. The predicted octanol–water partition coefficient (Wildman–Crippen LogP) is 6.84. The highest BCUT2D eigenvalue weighted by molar-refractivity contribution is 5.66. The van der Waals surface area contributed by atoms with Crippen molar-refractivity contribution in [3.63, 3.8) is 0 Å². The molecule has 6 heteroatoms. The molecule has 164 valence electrons. The van der Waals surface area contributed by atoms with E-state index in [0.29, 0.717) is 18.3 Å². The number of benzene rings is 3. The van der Waals surface area contributed by atoms with Gasteiger partial charge in [-0.3, -0.25) is 4.57 Å². The Labute approximate surface area is 186 Å². The zero-order chi connectivity index (χ0) is 22.3. The number of aromatic nitrogens is 3. The van der Waals surface area contributed by atoms with Crippen molar-refractivity contribution in [2.24, 2.45) is 0 Å². The molecule has 0 fully saturated rings. The van der Waals surface area contributed by atoms with Crippen molar-refractivity contribution in [2.45, 2.75) is 32.6 Å². The second-order valence-electron chi connectivity index (χ2n) is 7.60. The van der Waals surface area contributed by atoms with Gasteiger partial charge in [-0.2, -0.15) is 0 Å². The first-order chi connectivity index (χ1) is 15.7. The molecule has 1 heterocycles. The van der Waals surface area contributed by atoms with Gasteiger partial charge in [-0.25, -0.2) is 8.78 Å². The van der Waals surface area contributed by atoms with Crippen LogP contribution in [0.4, 0.5) is 8.78 Å². The van der Waals surface area contributed by atoms with Crippen LogP contribution in [-0.4, -0.2) is 21.4 Å². The summed E-state index contributed by atoms with van der Waals surface area (Å²) in [6.07, 6.45) is 4.61. The standard InChI is InChI=1S/C26H25F2N3O/c1-2-3-4-5-18-32-24-16-14-23(15-17-24)31-25(19-6-10-21(27)11-7-19)29-30-26(31)20-8-12-22(28)13-9-20/h6-17H,2-5,18H2,1H3. The summed E-state index contributed by atoms with van der Waals surface area (Å²) in [5, 5.41) is 8.71. The normalized spacial score (nSPS) is 11.0. The van der Waals surface area contributed by atoms with Crippen molar-refractivity contribution in [3.8, 4) is 34.2 Å². The molecule has 0 N–H and O–H groups in total. The van der Waals surface area contributed by atoms with E-state index in [1.54, 1.807) is 24.3 Å². The van der Waals surface area contributed by atoms with Crippen LogP contribution in [0.15, 0.2) is 72.8 Å². The molecule has 3 aromatic carbocycles. The fourth-order valence-electron chi connectivity index (χ4n) is 3.51. The molecule has 0 aliphatic heterocycles. The van der Waals surface area contributed by atoms with Crippen LogP contribution >= 0.6 is 0 Å². The summed E-state index contributed by atoms with van der Waals surface area (Å²) in [4.78, 5) is 0. The molecular weight excluding hydrogens is 408 g/mol. The average molecular weight is 434 g/mol. The molecule has 0 spiro atoms. The summed E-state index contributed by atoms with van der Waals surface area (Å²) in [5.74, 6) is 1.29. The number of rotatable bonds is 9. The summed E-state index contributed by atoms with van der Waals surface area (Å²) in [6.45, 7) is 2.87. The van der Waals surface area contributed by atoms with Crippen molar-refractivity contribution in [2.75, 3.05) is 6.61 Å². The van der Waals surface area contributed by atoms with Gasteiger partial charge in [0.15, 0.2) is 11.6 Å². The van der Waals surface area contributed by atoms with Gasteiger partial charge in [0.2, 0.25) is 0 Å². The number of hydrogen-bond donors (Lipinski definition) is 0. The Kier molecular flexibility index (Phi) is 6.90. The summed E-state index contributed by atoms with van der Waals surface area (Å²) >= 11 is 0. The van der Waals surface area contributed by atoms with E-state index in [4.69, 9.17) is 4.74 Å². The Balaban J connectivity index is 1.67. The van der Waals surface area contributed by atoms with Gasteiger partial charge in [0.1, 0.15) is 17.4 Å². The maximum Gasteiger partial charge on any atom is 0.168 e. The summed E-state index contributed by atoms with van der Waals surface area (Å²) < 4.78 is 34.7. The van der Waals surface area contributed by atoms with E-state index in [2.05, 4.69) is 17.1 Å². The molecule has 0 atom stereocenters. The van der Waals surface area contributed by atoms with Crippen LogP contribution < -0.4 is 4.74 Å². The minimum Gasteiger partial charge on any atom is -0.494 e. The van der Waals surface area contributed by atoms with E-state index in [1.165, 1.54) is 37.1 Å². The predicted molar refractivity (Wildman–Crippen MR) is 122 cm³/mol. The van der Waals surface area contributed by atoms with Crippen molar-refractivity contribution in [1.29, 1.82) is 0 Å². The average Bonchev–Trinajstić information content (AvgIpc) is 3.25. The topological polar surface area (TPSA) is 39.9 Å². The van der Waals surface area contributed by atoms with E-state index >= 15 is 0 Å². The van der Waals surface area contributed by atoms with Gasteiger partial charge in [0.25, 0.3) is 0 Å². The van der Waals surface area contributed by atoms with Crippen molar-refractivity contribution in [3.05, 3.63) is 84.4 Å². The van der Waals surface area contributed by atoms with Crippen molar-refractivity contribution < 1.29 is 13.5 Å². The zero-order valence-electron chi connectivity index (χ0n) is 18.0. The quantitative estimate of drug-likeness (QED) is 0.271. The third-order valence-corrected chi connectivity index (χ3v) is 5.23. The highest BCUT2D eigenvalue weighted by Crippen LogP contribution is 2.29. The number of unbranched alkanes of at least 4 members (excludes halogenated alkanes) is 3. The van der Waals surface area contributed by atoms with Gasteiger partial charge >= 0.3 is 0 Å². The molecule has 0 saturated heterocycles. The molecule has 0 unspecified atom stereocenters. The van der Waals surface area contributed by atoms with Crippen LogP contribution in [0.2, 0.25) is 0 Å². The zero-order valence-corrected chi connectivity index (χ0v) is 18.0. The Morgan fingerprint density at radius 2 is 1.22 bits per heavy atom. The monoisotopic (exact) mass is 433 g/mol. The largest absolute Gasteiger partial charge is 0.494 e. The molecule has 4 aromatic rings. The van der Waals surface area contributed by atoms with E-state index in [0.717, 1.165) is 35.4 Å². The van der Waals surface area contributed by atoms with Crippen molar-refractivity contribution >= 4 is 0 Å². The van der Waals surface area contributed by atoms with Gasteiger partial charge < -0.3 is 4.74 Å². The Morgan fingerprint density at radius 3 is 1.72 bits per heavy atom. The van der Waals surface area contributed by atoms with Crippen LogP contribution in [0, 0.1) is 11.6 Å². The first-order valence-electron chi connectivity index (χ1n) is 10.9. The molecule has 0 amide bonds. The number of hydrogen-bond acceptors (Lipinski definition) is 3. The first-order valence-corrected chi connectivity index (χ1v) is 10.9. The minimum absolute atomic E-state index is 0.320. The highest BCUT2D eigenvalue weighted by Gasteiger charge is 2.17. The Bertz CT molecular complexity index is 1070. The lowest BCUT2D eigenvalue weighted by Gasteiger charge is -2.12. The van der Waals surface area contributed by atoms with Crippen LogP contribution in [0.25, 0.3) is 28.5 Å². The molecule has 32 heavy (non-hydrogen) atoms. The molecule has 0 aliphatic rings. The summed E-state index contributed by atoms with van der Waals surface area (Å²) in [5.41, 5.74) is 2.28. The van der Waals surface area contributed by atoms with Gasteiger partial charge in [0, 0.05) is 16.8 Å². The molecule has 0 bridgehead atoms. The summed E-state index contributed by atoms with van der Waals surface area (Å²) in [6, 6.07) is 19.9. The van der Waals surface area contributed by atoms with Crippen LogP contribution in [0.1, 0.15) is 32.6 Å². The second kappa shape index (κ2) is 10.2. The van der Waals surface area contributed by atoms with Crippen LogP contribution in [0.5, 0.6) is 5.75 Å². The van der Waals surface area contributed by atoms with E-state index in [-0.39, 0.29) is 11.6 Å². The number of nitrogens with zero attached hydrogens (tertiary/aromatic N) is 3. The first kappa shape index (κ1) is 21.7. The lowest BCUT2D eigenvalue weighted by Crippen LogP contribution is -2.01. The molecule has 1 aromatic heterocycles. The third kappa shape index (κ3) is 5.02. The van der Waals surface area contributed by atoms with Gasteiger partial charge in [-0.05, 0) is 79.2 Å². The lowest BCUT2D eigenvalue weighted by molar-refractivity contribution is 0.305. The molecule has 0 saturated carbocycles. The maximum atomic E-state index is 13.5. The smallest absolute Gasteiger partial charge is 0.168 e.